The molecule has 0 rings (SSSR count). The molecule has 0 aliphatic carbocycles. The van der Waals surface area contributed by atoms with Gasteiger partial charge in [0.2, 0.25) is 0 Å². The van der Waals surface area contributed by atoms with Crippen LogP contribution < -0.4 is 0 Å². The number of carbonyl (C=O) groups is 1. The van der Waals surface area contributed by atoms with Gasteiger partial charge in [0.1, 0.15) is 6.29 Å². The van der Waals surface area contributed by atoms with Gasteiger partial charge in [0.05, 0.1) is 0 Å². The van der Waals surface area contributed by atoms with Crippen molar-refractivity contribution in [3.8, 4) is 0 Å². The van der Waals surface area contributed by atoms with E-state index in [1.54, 1.807) is 6.08 Å². The average Bonchev–Trinajstić information content (AvgIpc) is 2.20. The molecule has 0 fully saturated rings. The summed E-state index contributed by atoms with van der Waals surface area (Å²) in [5, 5.41) is 0. The minimum absolute atomic E-state index is 0.561. The number of aldehydes is 1. The standard InChI is InChI=1S/C13H24O/c1-3-4-5-6-7-8-10-13(2)11-9-12-14/h9,11-13H,3-8,10H2,1-2H3. The second-order valence-electron chi connectivity index (χ2n) is 4.05. The van der Waals surface area contributed by atoms with Gasteiger partial charge in [0.25, 0.3) is 0 Å². The lowest BCUT2D eigenvalue weighted by Gasteiger charge is -2.04. The van der Waals surface area contributed by atoms with Crippen molar-refractivity contribution in [2.75, 3.05) is 0 Å². The van der Waals surface area contributed by atoms with Crippen molar-refractivity contribution < 1.29 is 4.79 Å². The van der Waals surface area contributed by atoms with E-state index in [1.165, 1.54) is 44.9 Å². The first-order chi connectivity index (χ1) is 6.81. The van der Waals surface area contributed by atoms with Gasteiger partial charge in [-0.15, -0.1) is 0 Å². The van der Waals surface area contributed by atoms with E-state index in [9.17, 15) is 4.79 Å². The second kappa shape index (κ2) is 10.5. The highest BCUT2D eigenvalue weighted by Crippen LogP contribution is 2.12. The number of carbonyl (C=O) groups excluding carboxylic acids is 1. The summed E-state index contributed by atoms with van der Waals surface area (Å²) in [6.45, 7) is 4.42. The summed E-state index contributed by atoms with van der Waals surface area (Å²) in [5.74, 6) is 0.561. The molecule has 0 saturated carbocycles. The van der Waals surface area contributed by atoms with Crippen LogP contribution in [0.25, 0.3) is 0 Å². The van der Waals surface area contributed by atoms with Gasteiger partial charge in [-0.25, -0.2) is 0 Å². The van der Waals surface area contributed by atoms with Gasteiger partial charge in [-0.3, -0.25) is 4.79 Å². The Kier molecular flexibility index (Phi) is 10.0. The van der Waals surface area contributed by atoms with Crippen LogP contribution in [0.2, 0.25) is 0 Å². The molecular formula is C13H24O. The molecule has 1 heteroatoms. The SMILES string of the molecule is CCCCCCCCC(C)C=CC=O. The average molecular weight is 196 g/mol. The lowest BCUT2D eigenvalue weighted by Crippen LogP contribution is -1.90. The van der Waals surface area contributed by atoms with Gasteiger partial charge in [0, 0.05) is 0 Å². The Morgan fingerprint density at radius 3 is 2.36 bits per heavy atom. The third-order valence-electron chi connectivity index (χ3n) is 2.53. The smallest absolute Gasteiger partial charge is 0.142 e. The van der Waals surface area contributed by atoms with Crippen LogP contribution in [0.5, 0.6) is 0 Å². The summed E-state index contributed by atoms with van der Waals surface area (Å²) in [5.41, 5.74) is 0. The van der Waals surface area contributed by atoms with Gasteiger partial charge >= 0.3 is 0 Å². The van der Waals surface area contributed by atoms with Crippen molar-refractivity contribution >= 4 is 6.29 Å². The third kappa shape index (κ3) is 9.50. The monoisotopic (exact) mass is 196 g/mol. The van der Waals surface area contributed by atoms with Crippen molar-refractivity contribution in [2.45, 2.75) is 58.8 Å². The maximum absolute atomic E-state index is 10.1. The summed E-state index contributed by atoms with van der Waals surface area (Å²) in [6.07, 6.45) is 13.8. The quantitative estimate of drug-likeness (QED) is 0.308. The van der Waals surface area contributed by atoms with Crippen LogP contribution in [0.4, 0.5) is 0 Å². The second-order valence-corrected chi connectivity index (χ2v) is 4.05. The molecule has 82 valence electrons. The zero-order valence-corrected chi connectivity index (χ0v) is 9.67. The zero-order chi connectivity index (χ0) is 10.6. The molecule has 1 atom stereocenters. The number of hydrogen-bond acceptors (Lipinski definition) is 1. The fourth-order valence-electron chi connectivity index (χ4n) is 1.58. The Balaban J connectivity index is 3.18. The Bertz CT molecular complexity index is 149. The Hall–Kier alpha value is -0.590. The van der Waals surface area contributed by atoms with Crippen LogP contribution in [0.15, 0.2) is 12.2 Å². The van der Waals surface area contributed by atoms with Crippen molar-refractivity contribution in [3.63, 3.8) is 0 Å². The minimum atomic E-state index is 0.561. The van der Waals surface area contributed by atoms with Crippen LogP contribution in [0.3, 0.4) is 0 Å². The van der Waals surface area contributed by atoms with Gasteiger partial charge in [-0.1, -0.05) is 58.4 Å². The van der Waals surface area contributed by atoms with Crippen LogP contribution in [0, 0.1) is 5.92 Å². The fraction of sp³-hybridized carbons (Fsp3) is 0.769. The maximum Gasteiger partial charge on any atom is 0.142 e. The topological polar surface area (TPSA) is 17.1 Å². The molecule has 0 heterocycles. The molecule has 0 N–H and O–H groups in total. The highest BCUT2D eigenvalue weighted by atomic mass is 16.1. The number of unbranched alkanes of at least 4 members (excludes halogenated alkanes) is 5. The Labute approximate surface area is 88.6 Å². The first-order valence-corrected chi connectivity index (χ1v) is 5.93. The summed E-state index contributed by atoms with van der Waals surface area (Å²) in [6, 6.07) is 0. The molecule has 0 amide bonds. The van der Waals surface area contributed by atoms with Crippen LogP contribution >= 0.6 is 0 Å². The Morgan fingerprint density at radius 1 is 1.07 bits per heavy atom. The normalized spacial score (nSPS) is 13.3. The molecule has 0 radical (unpaired) electrons. The van der Waals surface area contributed by atoms with E-state index in [-0.39, 0.29) is 0 Å². The molecule has 0 aliphatic rings. The van der Waals surface area contributed by atoms with Crippen molar-refractivity contribution in [1.82, 2.24) is 0 Å². The number of allylic oxidation sites excluding steroid dienone is 2. The van der Waals surface area contributed by atoms with E-state index in [0.29, 0.717) is 5.92 Å². The van der Waals surface area contributed by atoms with E-state index >= 15 is 0 Å². The molecule has 0 saturated heterocycles. The van der Waals surface area contributed by atoms with Crippen LogP contribution in [0.1, 0.15) is 58.8 Å². The van der Waals surface area contributed by atoms with E-state index in [4.69, 9.17) is 0 Å². The highest BCUT2D eigenvalue weighted by Gasteiger charge is 1.96. The van der Waals surface area contributed by atoms with Gasteiger partial charge < -0.3 is 0 Å². The molecule has 0 aromatic heterocycles. The van der Waals surface area contributed by atoms with Gasteiger partial charge in [0.15, 0.2) is 0 Å². The zero-order valence-electron chi connectivity index (χ0n) is 9.67. The summed E-state index contributed by atoms with van der Waals surface area (Å²) in [4.78, 5) is 10.1. The molecule has 0 aromatic rings. The van der Waals surface area contributed by atoms with Crippen molar-refractivity contribution in [1.29, 1.82) is 0 Å². The van der Waals surface area contributed by atoms with E-state index < -0.39 is 0 Å². The predicted molar refractivity (Wildman–Crippen MR) is 62.4 cm³/mol. The molecule has 14 heavy (non-hydrogen) atoms. The third-order valence-corrected chi connectivity index (χ3v) is 2.53. The predicted octanol–water partition coefficient (Wildman–Crippen LogP) is 4.13. The van der Waals surface area contributed by atoms with E-state index in [0.717, 1.165) is 6.29 Å². The molecular weight excluding hydrogens is 172 g/mol. The summed E-state index contributed by atoms with van der Waals surface area (Å²) in [7, 11) is 0. The van der Waals surface area contributed by atoms with E-state index in [1.807, 2.05) is 6.08 Å². The lowest BCUT2D eigenvalue weighted by molar-refractivity contribution is -0.104. The maximum atomic E-state index is 10.1. The molecule has 0 bridgehead atoms. The lowest BCUT2D eigenvalue weighted by atomic mass is 10.0. The fourth-order valence-corrected chi connectivity index (χ4v) is 1.58. The first-order valence-electron chi connectivity index (χ1n) is 5.93. The van der Waals surface area contributed by atoms with E-state index in [2.05, 4.69) is 13.8 Å². The summed E-state index contributed by atoms with van der Waals surface area (Å²) < 4.78 is 0. The molecule has 1 unspecified atom stereocenters. The summed E-state index contributed by atoms with van der Waals surface area (Å²) >= 11 is 0. The van der Waals surface area contributed by atoms with Gasteiger partial charge in [-0.05, 0) is 18.4 Å². The molecule has 0 aliphatic heterocycles. The minimum Gasteiger partial charge on any atom is -0.299 e. The van der Waals surface area contributed by atoms with Gasteiger partial charge in [-0.2, -0.15) is 0 Å². The largest absolute Gasteiger partial charge is 0.299 e. The number of hydrogen-bond donors (Lipinski definition) is 0. The van der Waals surface area contributed by atoms with Crippen molar-refractivity contribution in [2.24, 2.45) is 5.92 Å². The first kappa shape index (κ1) is 13.4. The molecule has 0 aromatic carbocycles. The molecule has 0 spiro atoms. The molecule has 1 nitrogen and oxygen atoms in total. The number of rotatable bonds is 9. The van der Waals surface area contributed by atoms with Crippen LogP contribution in [-0.4, -0.2) is 6.29 Å². The van der Waals surface area contributed by atoms with Crippen molar-refractivity contribution in [3.05, 3.63) is 12.2 Å². The Morgan fingerprint density at radius 2 is 1.71 bits per heavy atom. The van der Waals surface area contributed by atoms with Crippen LogP contribution in [-0.2, 0) is 4.79 Å². The highest BCUT2D eigenvalue weighted by molar-refractivity contribution is 5.64.